The van der Waals surface area contributed by atoms with Crippen molar-refractivity contribution in [3.8, 4) is 6.07 Å². The summed E-state index contributed by atoms with van der Waals surface area (Å²) in [5.41, 5.74) is 4.09. The zero-order valence-corrected chi connectivity index (χ0v) is 10.3. The Kier molecular flexibility index (Phi) is 2.74. The molecule has 0 bridgehead atoms. The minimum atomic E-state index is 0.0725. The molecule has 2 nitrogen and oxygen atoms in total. The number of hydrogen-bond acceptors (Lipinski definition) is 2. The third-order valence-corrected chi connectivity index (χ3v) is 3.29. The van der Waals surface area contributed by atoms with E-state index < -0.39 is 0 Å². The van der Waals surface area contributed by atoms with E-state index in [1.54, 1.807) is 18.2 Å². The topological polar surface area (TPSA) is 40.9 Å². The molecule has 0 N–H and O–H groups in total. The van der Waals surface area contributed by atoms with Gasteiger partial charge in [0.2, 0.25) is 0 Å². The van der Waals surface area contributed by atoms with Crippen LogP contribution in [0.25, 0.3) is 6.08 Å². The molecule has 2 aromatic carbocycles. The normalized spacial score (nSPS) is 15.3. The summed E-state index contributed by atoms with van der Waals surface area (Å²) in [5.74, 6) is 0.0725. The van der Waals surface area contributed by atoms with Gasteiger partial charge in [-0.3, -0.25) is 4.79 Å². The number of carbonyl (C=O) groups is 1. The zero-order valence-electron chi connectivity index (χ0n) is 10.3. The summed E-state index contributed by atoms with van der Waals surface area (Å²) in [4.78, 5) is 12.2. The molecule has 2 aromatic rings. The van der Waals surface area contributed by atoms with E-state index in [2.05, 4.69) is 6.07 Å². The number of fused-ring (bicyclic) bond motifs is 1. The lowest BCUT2D eigenvalue weighted by Gasteiger charge is -1.95. The first-order valence-electron chi connectivity index (χ1n) is 6.11. The smallest absolute Gasteiger partial charge is 0.189 e. The quantitative estimate of drug-likeness (QED) is 0.723. The summed E-state index contributed by atoms with van der Waals surface area (Å²) >= 11 is 0. The van der Waals surface area contributed by atoms with E-state index in [4.69, 9.17) is 5.26 Å². The highest BCUT2D eigenvalue weighted by atomic mass is 16.1. The lowest BCUT2D eigenvalue weighted by atomic mass is 10.1. The largest absolute Gasteiger partial charge is 0.289 e. The van der Waals surface area contributed by atoms with Crippen LogP contribution in [0.4, 0.5) is 0 Å². The van der Waals surface area contributed by atoms with Crippen LogP contribution in [-0.2, 0) is 6.42 Å². The molecule has 0 spiro atoms. The van der Waals surface area contributed by atoms with Crippen molar-refractivity contribution in [2.24, 2.45) is 0 Å². The van der Waals surface area contributed by atoms with Gasteiger partial charge in [-0.05, 0) is 35.4 Å². The minimum Gasteiger partial charge on any atom is -0.289 e. The molecular weight excluding hydrogens is 234 g/mol. The number of benzene rings is 2. The zero-order chi connectivity index (χ0) is 13.2. The fourth-order valence-electron chi connectivity index (χ4n) is 2.36. The third-order valence-electron chi connectivity index (χ3n) is 3.29. The summed E-state index contributed by atoms with van der Waals surface area (Å²) in [7, 11) is 0. The molecule has 0 heterocycles. The average Bonchev–Trinajstić information content (AvgIpc) is 2.76. The molecule has 0 atom stereocenters. The molecule has 0 unspecified atom stereocenters. The fourth-order valence-corrected chi connectivity index (χ4v) is 2.36. The number of nitriles is 1. The van der Waals surface area contributed by atoms with Crippen molar-refractivity contribution in [3.63, 3.8) is 0 Å². The highest BCUT2D eigenvalue weighted by Gasteiger charge is 2.24. The van der Waals surface area contributed by atoms with Crippen LogP contribution in [0.3, 0.4) is 0 Å². The number of rotatable bonds is 1. The Morgan fingerprint density at radius 2 is 1.89 bits per heavy atom. The molecule has 1 aliphatic rings. The van der Waals surface area contributed by atoms with Gasteiger partial charge in [-0.15, -0.1) is 0 Å². The van der Waals surface area contributed by atoms with Crippen molar-refractivity contribution in [3.05, 3.63) is 76.4 Å². The first-order chi connectivity index (χ1) is 9.28. The van der Waals surface area contributed by atoms with Gasteiger partial charge in [0.25, 0.3) is 0 Å². The van der Waals surface area contributed by atoms with Crippen LogP contribution in [0.5, 0.6) is 0 Å². The van der Waals surface area contributed by atoms with E-state index >= 15 is 0 Å². The Bertz CT molecular complexity index is 721. The van der Waals surface area contributed by atoms with E-state index in [0.717, 1.165) is 22.3 Å². The van der Waals surface area contributed by atoms with Crippen LogP contribution in [0.2, 0.25) is 0 Å². The third kappa shape index (κ3) is 2.07. The highest BCUT2D eigenvalue weighted by Crippen LogP contribution is 2.28. The number of nitrogens with zero attached hydrogens (tertiary/aromatic N) is 1. The predicted octanol–water partition coefficient (Wildman–Crippen LogP) is 3.38. The van der Waals surface area contributed by atoms with Crippen LogP contribution in [0.1, 0.15) is 27.0 Å². The molecule has 1 aliphatic carbocycles. The molecule has 0 saturated heterocycles. The van der Waals surface area contributed by atoms with Gasteiger partial charge in [-0.1, -0.05) is 30.3 Å². The Labute approximate surface area is 111 Å². The van der Waals surface area contributed by atoms with E-state index in [1.807, 2.05) is 36.4 Å². The molecule has 0 fully saturated rings. The van der Waals surface area contributed by atoms with Crippen LogP contribution in [0, 0.1) is 11.3 Å². The van der Waals surface area contributed by atoms with E-state index in [1.165, 1.54) is 0 Å². The summed E-state index contributed by atoms with van der Waals surface area (Å²) in [6, 6.07) is 17.2. The van der Waals surface area contributed by atoms with Gasteiger partial charge in [0.05, 0.1) is 11.6 Å². The lowest BCUT2D eigenvalue weighted by Crippen LogP contribution is -1.95. The molecule has 0 aromatic heterocycles. The first-order valence-corrected chi connectivity index (χ1v) is 6.11. The van der Waals surface area contributed by atoms with Crippen molar-refractivity contribution in [1.29, 1.82) is 5.26 Å². The second-order valence-electron chi connectivity index (χ2n) is 4.57. The van der Waals surface area contributed by atoms with E-state index in [0.29, 0.717) is 12.0 Å². The molecule has 19 heavy (non-hydrogen) atoms. The standard InChI is InChI=1S/C17H11NO/c18-11-13-6-7-16-14(9-13)10-15(17(16)19)8-12-4-2-1-3-5-12/h1-9H,10H2/b15-8+. The van der Waals surface area contributed by atoms with Crippen molar-refractivity contribution in [2.75, 3.05) is 0 Å². The van der Waals surface area contributed by atoms with Gasteiger partial charge >= 0.3 is 0 Å². The molecule has 0 aliphatic heterocycles. The van der Waals surface area contributed by atoms with Gasteiger partial charge in [-0.2, -0.15) is 5.26 Å². The fraction of sp³-hybridized carbons (Fsp3) is 0.0588. The molecular formula is C17H11NO. The van der Waals surface area contributed by atoms with Gasteiger partial charge in [-0.25, -0.2) is 0 Å². The van der Waals surface area contributed by atoms with Crippen LogP contribution in [-0.4, -0.2) is 5.78 Å². The van der Waals surface area contributed by atoms with Crippen molar-refractivity contribution in [1.82, 2.24) is 0 Å². The molecule has 90 valence electrons. The molecule has 0 saturated carbocycles. The number of carbonyl (C=O) groups excluding carboxylic acids is 1. The maximum atomic E-state index is 12.2. The monoisotopic (exact) mass is 245 g/mol. The number of Topliss-reactive ketones (excluding diaryl/α,β-unsaturated/α-hetero) is 1. The lowest BCUT2D eigenvalue weighted by molar-refractivity contribution is 0.104. The van der Waals surface area contributed by atoms with Crippen molar-refractivity contribution < 1.29 is 4.79 Å². The molecule has 0 amide bonds. The Morgan fingerprint density at radius 1 is 1.11 bits per heavy atom. The summed E-state index contributed by atoms with van der Waals surface area (Å²) in [6.07, 6.45) is 2.53. The Hall–Kier alpha value is -2.66. The Morgan fingerprint density at radius 3 is 2.63 bits per heavy atom. The predicted molar refractivity (Wildman–Crippen MR) is 73.6 cm³/mol. The maximum absolute atomic E-state index is 12.2. The van der Waals surface area contributed by atoms with E-state index in [-0.39, 0.29) is 5.78 Å². The minimum absolute atomic E-state index is 0.0725. The number of ketones is 1. The van der Waals surface area contributed by atoms with Crippen molar-refractivity contribution >= 4 is 11.9 Å². The summed E-state index contributed by atoms with van der Waals surface area (Å²) < 4.78 is 0. The second kappa shape index (κ2) is 4.55. The van der Waals surface area contributed by atoms with Crippen LogP contribution in [0.15, 0.2) is 54.1 Å². The van der Waals surface area contributed by atoms with Crippen LogP contribution >= 0.6 is 0 Å². The highest BCUT2D eigenvalue weighted by molar-refractivity contribution is 6.15. The van der Waals surface area contributed by atoms with Crippen LogP contribution < -0.4 is 0 Å². The molecule has 2 heteroatoms. The van der Waals surface area contributed by atoms with Gasteiger partial charge < -0.3 is 0 Å². The first kappa shape index (κ1) is 11.4. The van der Waals surface area contributed by atoms with Gasteiger partial charge in [0.1, 0.15) is 0 Å². The molecule has 3 rings (SSSR count). The number of allylic oxidation sites excluding steroid dienone is 1. The SMILES string of the molecule is N#Cc1ccc2c(c1)C/C(=C\c1ccccc1)C2=O. The van der Waals surface area contributed by atoms with Gasteiger partial charge in [0.15, 0.2) is 5.78 Å². The summed E-state index contributed by atoms with van der Waals surface area (Å²) in [6.45, 7) is 0. The second-order valence-corrected chi connectivity index (χ2v) is 4.57. The Balaban J connectivity index is 2.00. The number of hydrogen-bond donors (Lipinski definition) is 0. The molecule has 0 radical (unpaired) electrons. The van der Waals surface area contributed by atoms with E-state index in [9.17, 15) is 4.79 Å². The van der Waals surface area contributed by atoms with Crippen molar-refractivity contribution in [2.45, 2.75) is 6.42 Å². The average molecular weight is 245 g/mol. The van der Waals surface area contributed by atoms with Gasteiger partial charge in [0, 0.05) is 17.6 Å². The maximum Gasteiger partial charge on any atom is 0.189 e. The summed E-state index contributed by atoms with van der Waals surface area (Å²) in [5, 5.41) is 8.89.